The van der Waals surface area contributed by atoms with Crippen LogP contribution in [-0.2, 0) is 16.0 Å². The fourth-order valence-electron chi connectivity index (χ4n) is 2.08. The van der Waals surface area contributed by atoms with Crippen molar-refractivity contribution in [1.82, 2.24) is 5.43 Å². The lowest BCUT2D eigenvalue weighted by Gasteiger charge is -2.06. The Morgan fingerprint density at radius 3 is 2.70 bits per heavy atom. The number of rotatable bonds is 8. The molecule has 0 aliphatic heterocycles. The smallest absolute Gasteiger partial charge is 0.341 e. The summed E-state index contributed by atoms with van der Waals surface area (Å²) in [5.74, 6) is -1.23. The SMILES string of the molecule is O=C(O)COc1ccc(C=NNC(=O)Cc2ccccc2[N+](=O)[O-])cc1Br. The molecule has 10 heteroatoms. The maximum Gasteiger partial charge on any atom is 0.341 e. The largest absolute Gasteiger partial charge is 0.481 e. The van der Waals surface area contributed by atoms with Crippen molar-refractivity contribution in [2.75, 3.05) is 6.61 Å². The summed E-state index contributed by atoms with van der Waals surface area (Å²) in [6.07, 6.45) is 1.20. The average Bonchev–Trinajstić information content (AvgIpc) is 2.61. The van der Waals surface area contributed by atoms with Crippen molar-refractivity contribution in [3.05, 3.63) is 68.2 Å². The van der Waals surface area contributed by atoms with E-state index >= 15 is 0 Å². The molecule has 0 fully saturated rings. The van der Waals surface area contributed by atoms with Crippen molar-refractivity contribution in [2.24, 2.45) is 5.10 Å². The molecule has 0 atom stereocenters. The maximum absolute atomic E-state index is 11.9. The first-order valence-corrected chi connectivity index (χ1v) is 8.34. The van der Waals surface area contributed by atoms with Gasteiger partial charge in [0.15, 0.2) is 6.61 Å². The third-order valence-electron chi connectivity index (χ3n) is 3.25. The third kappa shape index (κ3) is 6.19. The molecule has 27 heavy (non-hydrogen) atoms. The van der Waals surface area contributed by atoms with E-state index in [1.807, 2.05) is 0 Å². The van der Waals surface area contributed by atoms with Gasteiger partial charge in [-0.25, -0.2) is 10.2 Å². The fraction of sp³-hybridized carbons (Fsp3) is 0.118. The molecular weight excluding hydrogens is 422 g/mol. The van der Waals surface area contributed by atoms with E-state index in [2.05, 4.69) is 26.5 Å². The van der Waals surface area contributed by atoms with Crippen molar-refractivity contribution in [3.63, 3.8) is 0 Å². The topological polar surface area (TPSA) is 131 Å². The lowest BCUT2D eigenvalue weighted by Crippen LogP contribution is -2.20. The molecule has 2 aromatic carbocycles. The van der Waals surface area contributed by atoms with Crippen LogP contribution < -0.4 is 10.2 Å². The Balaban J connectivity index is 1.95. The van der Waals surface area contributed by atoms with Crippen LogP contribution in [0.5, 0.6) is 5.75 Å². The van der Waals surface area contributed by atoms with E-state index in [4.69, 9.17) is 9.84 Å². The number of carbonyl (C=O) groups is 2. The van der Waals surface area contributed by atoms with Gasteiger partial charge in [-0.2, -0.15) is 5.10 Å². The molecule has 2 N–H and O–H groups in total. The highest BCUT2D eigenvalue weighted by Crippen LogP contribution is 2.25. The van der Waals surface area contributed by atoms with Crippen molar-refractivity contribution in [2.45, 2.75) is 6.42 Å². The first kappa shape index (κ1) is 20.0. The first-order valence-electron chi connectivity index (χ1n) is 7.55. The van der Waals surface area contributed by atoms with Gasteiger partial charge < -0.3 is 9.84 Å². The minimum Gasteiger partial charge on any atom is -0.481 e. The number of para-hydroxylation sites is 1. The molecule has 0 bridgehead atoms. The number of halogens is 1. The Morgan fingerprint density at radius 2 is 2.04 bits per heavy atom. The van der Waals surface area contributed by atoms with Crippen LogP contribution >= 0.6 is 15.9 Å². The molecule has 0 aliphatic carbocycles. The second-order valence-electron chi connectivity index (χ2n) is 5.23. The van der Waals surface area contributed by atoms with Crippen LogP contribution in [0.15, 0.2) is 52.0 Å². The summed E-state index contributed by atoms with van der Waals surface area (Å²) >= 11 is 3.25. The van der Waals surface area contributed by atoms with Crippen molar-refractivity contribution >= 4 is 39.7 Å². The highest BCUT2D eigenvalue weighted by atomic mass is 79.9. The van der Waals surface area contributed by atoms with E-state index in [9.17, 15) is 19.7 Å². The minimum atomic E-state index is -1.09. The molecular formula is C17H14BrN3O6. The van der Waals surface area contributed by atoms with Crippen molar-refractivity contribution < 1.29 is 24.4 Å². The number of nitro benzene ring substituents is 1. The van der Waals surface area contributed by atoms with Gasteiger partial charge in [-0.05, 0) is 39.7 Å². The molecule has 140 valence electrons. The lowest BCUT2D eigenvalue weighted by atomic mass is 10.1. The number of benzene rings is 2. The van der Waals surface area contributed by atoms with E-state index in [1.165, 1.54) is 24.4 Å². The number of aliphatic carboxylic acids is 1. The van der Waals surface area contributed by atoms with Crippen LogP contribution in [0.3, 0.4) is 0 Å². The maximum atomic E-state index is 11.9. The quantitative estimate of drug-likeness (QED) is 0.372. The van der Waals surface area contributed by atoms with E-state index < -0.39 is 23.4 Å². The fourth-order valence-corrected chi connectivity index (χ4v) is 2.59. The Labute approximate surface area is 161 Å². The monoisotopic (exact) mass is 435 g/mol. The molecule has 2 aromatic rings. The van der Waals surface area contributed by atoms with E-state index in [1.54, 1.807) is 24.3 Å². The summed E-state index contributed by atoms with van der Waals surface area (Å²) in [5.41, 5.74) is 3.09. The number of hydrogen-bond donors (Lipinski definition) is 2. The minimum absolute atomic E-state index is 0.127. The standard InChI is InChI=1S/C17H14BrN3O6/c18-13-7-11(5-6-15(13)27-10-17(23)24)9-19-20-16(22)8-12-3-1-2-4-14(12)21(25)26/h1-7,9H,8,10H2,(H,20,22)(H,23,24). The van der Waals surface area contributed by atoms with Gasteiger partial charge in [0.1, 0.15) is 5.75 Å². The molecule has 2 rings (SSSR count). The number of hydrazone groups is 1. The van der Waals surface area contributed by atoms with Gasteiger partial charge in [0.25, 0.3) is 5.69 Å². The van der Waals surface area contributed by atoms with Crippen LogP contribution in [0.1, 0.15) is 11.1 Å². The normalized spacial score (nSPS) is 10.6. The van der Waals surface area contributed by atoms with Gasteiger partial charge in [0.2, 0.25) is 5.91 Å². The van der Waals surface area contributed by atoms with Gasteiger partial charge in [0, 0.05) is 11.6 Å². The molecule has 0 spiro atoms. The van der Waals surface area contributed by atoms with Crippen molar-refractivity contribution in [3.8, 4) is 5.75 Å². The Hall–Kier alpha value is -3.27. The van der Waals surface area contributed by atoms with Gasteiger partial charge in [-0.3, -0.25) is 14.9 Å². The number of carboxylic acids is 1. The molecule has 1 amide bonds. The Kier molecular flexibility index (Phi) is 7.00. The van der Waals surface area contributed by atoms with Gasteiger partial charge in [-0.1, -0.05) is 18.2 Å². The van der Waals surface area contributed by atoms with Crippen LogP contribution in [0.25, 0.3) is 0 Å². The van der Waals surface area contributed by atoms with Crippen LogP contribution in [-0.4, -0.2) is 34.7 Å². The highest BCUT2D eigenvalue weighted by molar-refractivity contribution is 9.10. The summed E-state index contributed by atoms with van der Waals surface area (Å²) in [6, 6.07) is 10.8. The predicted octanol–water partition coefficient (Wildman–Crippen LogP) is 2.51. The zero-order valence-corrected chi connectivity index (χ0v) is 15.4. The van der Waals surface area contributed by atoms with Crippen LogP contribution in [0.2, 0.25) is 0 Å². The highest BCUT2D eigenvalue weighted by Gasteiger charge is 2.15. The van der Waals surface area contributed by atoms with Gasteiger partial charge in [0.05, 0.1) is 22.0 Å². The van der Waals surface area contributed by atoms with E-state index in [0.29, 0.717) is 15.8 Å². The number of nitrogens with one attached hydrogen (secondary N) is 1. The number of carbonyl (C=O) groups excluding carboxylic acids is 1. The van der Waals surface area contributed by atoms with Gasteiger partial charge >= 0.3 is 5.97 Å². The number of hydrogen-bond acceptors (Lipinski definition) is 6. The summed E-state index contributed by atoms with van der Waals surface area (Å²) in [7, 11) is 0. The van der Waals surface area contributed by atoms with Crippen LogP contribution in [0.4, 0.5) is 5.69 Å². The van der Waals surface area contributed by atoms with Gasteiger partial charge in [-0.15, -0.1) is 0 Å². The molecule has 0 heterocycles. The molecule has 0 unspecified atom stereocenters. The molecule has 0 aliphatic rings. The zero-order valence-electron chi connectivity index (χ0n) is 13.8. The van der Waals surface area contributed by atoms with E-state index in [-0.39, 0.29) is 17.7 Å². The second-order valence-corrected chi connectivity index (χ2v) is 6.08. The average molecular weight is 436 g/mol. The first-order chi connectivity index (χ1) is 12.9. The summed E-state index contributed by atoms with van der Waals surface area (Å²) < 4.78 is 5.60. The van der Waals surface area contributed by atoms with Crippen molar-refractivity contribution in [1.29, 1.82) is 0 Å². The third-order valence-corrected chi connectivity index (χ3v) is 3.87. The summed E-state index contributed by atoms with van der Waals surface area (Å²) in [6.45, 7) is -0.465. The Morgan fingerprint density at radius 1 is 1.30 bits per heavy atom. The summed E-state index contributed by atoms with van der Waals surface area (Å²) in [5, 5.41) is 23.4. The number of amides is 1. The lowest BCUT2D eigenvalue weighted by molar-refractivity contribution is -0.385. The van der Waals surface area contributed by atoms with E-state index in [0.717, 1.165) is 0 Å². The molecule has 0 radical (unpaired) electrons. The zero-order chi connectivity index (χ0) is 19.8. The molecule has 0 saturated heterocycles. The molecule has 0 saturated carbocycles. The van der Waals surface area contributed by atoms with Crippen LogP contribution in [0, 0.1) is 10.1 Å². The number of nitro groups is 1. The summed E-state index contributed by atoms with van der Waals surface area (Å²) in [4.78, 5) is 32.8. The number of nitrogens with zero attached hydrogens (tertiary/aromatic N) is 2. The number of ether oxygens (including phenoxy) is 1. The second kappa shape index (κ2) is 9.43. The Bertz CT molecular complexity index is 900. The molecule has 0 aromatic heterocycles. The number of carboxylic acid groups (broad SMARTS) is 1. The predicted molar refractivity (Wildman–Crippen MR) is 99.8 cm³/mol. The molecule has 9 nitrogen and oxygen atoms in total.